The second-order valence-electron chi connectivity index (χ2n) is 10.5. The van der Waals surface area contributed by atoms with Crippen LogP contribution in [-0.2, 0) is 18.4 Å². The smallest absolute Gasteiger partial charge is 0.263 e. The molecule has 5 rings (SSSR count). The fraction of sp³-hybridized carbons (Fsp3) is 0.321. The zero-order valence-electron chi connectivity index (χ0n) is 23.8. The van der Waals surface area contributed by atoms with Crippen molar-refractivity contribution >= 4 is 46.0 Å². The predicted octanol–water partition coefficient (Wildman–Crippen LogP) is 2.23. The first-order chi connectivity index (χ1) is 20.4. The van der Waals surface area contributed by atoms with Gasteiger partial charge in [0.25, 0.3) is 11.5 Å². The van der Waals surface area contributed by atoms with Crippen molar-refractivity contribution in [1.29, 1.82) is 0 Å². The number of hydrogen-bond donors (Lipinski definition) is 4. The summed E-state index contributed by atoms with van der Waals surface area (Å²) in [7, 11) is 2.58. The maximum atomic E-state index is 15.6. The first-order valence-electron chi connectivity index (χ1n) is 13.3. The van der Waals surface area contributed by atoms with Gasteiger partial charge in [0, 0.05) is 55.6 Å². The molecular weight excluding hydrogens is 583 g/mol. The number of aromatic nitrogens is 4. The van der Waals surface area contributed by atoms with Crippen LogP contribution < -0.4 is 31.6 Å². The molecule has 0 bridgehead atoms. The molecule has 15 heteroatoms. The summed E-state index contributed by atoms with van der Waals surface area (Å²) >= 11 is 6.37. The van der Waals surface area contributed by atoms with E-state index in [1.54, 1.807) is 6.07 Å². The van der Waals surface area contributed by atoms with Crippen LogP contribution in [0.4, 0.5) is 15.9 Å². The molecule has 0 saturated carbocycles. The zero-order chi connectivity index (χ0) is 31.2. The van der Waals surface area contributed by atoms with Crippen LogP contribution in [0.5, 0.6) is 11.5 Å². The summed E-state index contributed by atoms with van der Waals surface area (Å²) in [5.41, 5.74) is 4.64. The number of aromatic hydroxyl groups is 1. The SMILES string of the molecule is COc1c(O)c(C(N)=O)cc(-c2cn(CC(=O)Nc3cc(N4C[C@@H](C)N[C@@H](C)C4)ncc3Cl)c3ncn(C)c(=O)c23)c1F. The number of halogens is 2. The quantitative estimate of drug-likeness (QED) is 0.244. The molecule has 1 aliphatic rings. The van der Waals surface area contributed by atoms with Gasteiger partial charge in [0.05, 0.1) is 41.3 Å². The highest BCUT2D eigenvalue weighted by atomic mass is 35.5. The van der Waals surface area contributed by atoms with E-state index in [2.05, 4.69) is 39.3 Å². The number of pyridine rings is 1. The number of rotatable bonds is 7. The molecule has 0 aliphatic carbocycles. The van der Waals surface area contributed by atoms with Crippen LogP contribution in [0.1, 0.15) is 24.2 Å². The van der Waals surface area contributed by atoms with Gasteiger partial charge >= 0.3 is 0 Å². The molecule has 1 saturated heterocycles. The number of hydrogen-bond acceptors (Lipinski definition) is 9. The lowest BCUT2D eigenvalue weighted by molar-refractivity contribution is -0.116. The molecule has 2 atom stereocenters. The Hall–Kier alpha value is -4.69. The average molecular weight is 613 g/mol. The Balaban J connectivity index is 1.53. The van der Waals surface area contributed by atoms with Crippen molar-refractivity contribution in [2.45, 2.75) is 32.5 Å². The number of fused-ring (bicyclic) bond motifs is 1. The zero-order valence-corrected chi connectivity index (χ0v) is 24.6. The molecule has 0 unspecified atom stereocenters. The summed E-state index contributed by atoms with van der Waals surface area (Å²) < 4.78 is 23.1. The first-order valence-corrected chi connectivity index (χ1v) is 13.7. The Morgan fingerprint density at radius 1 is 1.23 bits per heavy atom. The number of carbonyl (C=O) groups is 2. The van der Waals surface area contributed by atoms with Crippen molar-refractivity contribution in [3.63, 3.8) is 0 Å². The number of benzene rings is 1. The molecule has 13 nitrogen and oxygen atoms in total. The summed E-state index contributed by atoms with van der Waals surface area (Å²) in [6.07, 6.45) is 4.10. The number of piperazine rings is 1. The Morgan fingerprint density at radius 3 is 2.58 bits per heavy atom. The fourth-order valence-electron chi connectivity index (χ4n) is 5.34. The van der Waals surface area contributed by atoms with Crippen molar-refractivity contribution in [3.8, 4) is 22.6 Å². The number of anilines is 2. The van der Waals surface area contributed by atoms with E-state index < -0.39 is 40.3 Å². The van der Waals surface area contributed by atoms with Gasteiger partial charge in [-0.3, -0.25) is 14.4 Å². The number of nitrogens with one attached hydrogen (secondary N) is 2. The number of aryl methyl sites for hydroxylation is 1. The third-order valence-electron chi connectivity index (χ3n) is 7.20. The van der Waals surface area contributed by atoms with Gasteiger partial charge in [-0.2, -0.15) is 0 Å². The summed E-state index contributed by atoms with van der Waals surface area (Å²) in [6.45, 7) is 5.27. The molecule has 1 fully saturated rings. The van der Waals surface area contributed by atoms with E-state index in [0.717, 1.165) is 26.3 Å². The van der Waals surface area contributed by atoms with Gasteiger partial charge in [0.15, 0.2) is 17.3 Å². The van der Waals surface area contributed by atoms with E-state index >= 15 is 4.39 Å². The average Bonchev–Trinajstić information content (AvgIpc) is 3.29. The fourth-order valence-corrected chi connectivity index (χ4v) is 5.49. The summed E-state index contributed by atoms with van der Waals surface area (Å²) in [5.74, 6) is -3.32. The number of nitrogens with two attached hydrogens (primary N) is 1. The number of phenols is 1. The van der Waals surface area contributed by atoms with Gasteiger partial charge in [-0.15, -0.1) is 0 Å². The molecule has 3 aromatic heterocycles. The third kappa shape index (κ3) is 5.58. The molecule has 5 N–H and O–H groups in total. The van der Waals surface area contributed by atoms with Crippen molar-refractivity contribution in [2.75, 3.05) is 30.4 Å². The van der Waals surface area contributed by atoms with Crippen LogP contribution in [0.2, 0.25) is 5.02 Å². The second-order valence-corrected chi connectivity index (χ2v) is 10.9. The largest absolute Gasteiger partial charge is 0.504 e. The number of amides is 2. The van der Waals surface area contributed by atoms with Crippen molar-refractivity contribution in [1.82, 2.24) is 24.4 Å². The van der Waals surface area contributed by atoms with Gasteiger partial charge in [-0.05, 0) is 19.9 Å². The minimum absolute atomic E-state index is 0.0148. The van der Waals surface area contributed by atoms with Crippen LogP contribution in [0.15, 0.2) is 35.6 Å². The van der Waals surface area contributed by atoms with Gasteiger partial charge in [0.2, 0.25) is 5.91 Å². The summed E-state index contributed by atoms with van der Waals surface area (Å²) in [5, 5.41) is 16.8. The molecule has 1 aliphatic heterocycles. The highest BCUT2D eigenvalue weighted by molar-refractivity contribution is 6.33. The molecule has 4 aromatic rings. The molecule has 2 amide bonds. The predicted molar refractivity (Wildman–Crippen MR) is 159 cm³/mol. The van der Waals surface area contributed by atoms with Gasteiger partial charge in [0.1, 0.15) is 18.0 Å². The van der Waals surface area contributed by atoms with E-state index in [9.17, 15) is 19.5 Å². The normalized spacial score (nSPS) is 16.8. The van der Waals surface area contributed by atoms with Crippen LogP contribution in [0, 0.1) is 5.82 Å². The number of carbonyl (C=O) groups excluding carboxylic acids is 2. The van der Waals surface area contributed by atoms with Crippen LogP contribution in [0.3, 0.4) is 0 Å². The van der Waals surface area contributed by atoms with Crippen LogP contribution >= 0.6 is 11.6 Å². The maximum Gasteiger partial charge on any atom is 0.263 e. The number of methoxy groups -OCH3 is 1. The highest BCUT2D eigenvalue weighted by Gasteiger charge is 2.27. The molecular formula is C28H30ClFN8O5. The van der Waals surface area contributed by atoms with Crippen LogP contribution in [0.25, 0.3) is 22.2 Å². The lowest BCUT2D eigenvalue weighted by Gasteiger charge is -2.37. The first kappa shape index (κ1) is 29.8. The van der Waals surface area contributed by atoms with E-state index in [4.69, 9.17) is 22.1 Å². The second kappa shape index (κ2) is 11.5. The molecule has 226 valence electrons. The number of primary amides is 1. The van der Waals surface area contributed by atoms with Gasteiger partial charge in [-0.25, -0.2) is 14.4 Å². The van der Waals surface area contributed by atoms with Gasteiger partial charge < -0.3 is 40.2 Å². The highest BCUT2D eigenvalue weighted by Crippen LogP contribution is 2.41. The molecule has 0 spiro atoms. The minimum atomic E-state index is -1.04. The molecule has 0 radical (unpaired) electrons. The molecule has 43 heavy (non-hydrogen) atoms. The monoisotopic (exact) mass is 612 g/mol. The maximum absolute atomic E-state index is 15.6. The summed E-state index contributed by atoms with van der Waals surface area (Å²) in [4.78, 5) is 49.4. The Kier molecular flexibility index (Phi) is 7.99. The van der Waals surface area contributed by atoms with E-state index in [1.165, 1.54) is 34.9 Å². The van der Waals surface area contributed by atoms with Crippen molar-refractivity contribution in [3.05, 3.63) is 57.6 Å². The molecule has 4 heterocycles. The number of ether oxygens (including phenoxy) is 1. The van der Waals surface area contributed by atoms with E-state index in [1.807, 2.05) is 0 Å². The Morgan fingerprint density at radius 2 is 1.93 bits per heavy atom. The van der Waals surface area contributed by atoms with E-state index in [0.29, 0.717) is 11.5 Å². The van der Waals surface area contributed by atoms with Crippen LogP contribution in [-0.4, -0.2) is 68.3 Å². The van der Waals surface area contributed by atoms with E-state index in [-0.39, 0.29) is 45.8 Å². The van der Waals surface area contributed by atoms with Crippen molar-refractivity contribution in [2.24, 2.45) is 12.8 Å². The Bertz CT molecular complexity index is 1810. The lowest BCUT2D eigenvalue weighted by Crippen LogP contribution is -2.54. The van der Waals surface area contributed by atoms with Crippen molar-refractivity contribution < 1.29 is 23.8 Å². The molecule has 1 aromatic carbocycles. The lowest BCUT2D eigenvalue weighted by atomic mass is 10.0. The van der Waals surface area contributed by atoms with Gasteiger partial charge in [-0.1, -0.05) is 11.6 Å². The number of nitrogens with zero attached hydrogens (tertiary/aromatic N) is 5. The summed E-state index contributed by atoms with van der Waals surface area (Å²) in [6, 6.07) is 3.21. The third-order valence-corrected chi connectivity index (χ3v) is 7.50. The standard InChI is InChI=1S/C28H30ClFN8O5/c1-13-8-37(9-14(2)34-13)20-6-19(18(29)7-32-20)35-21(39)11-38-10-17(22-27(38)33-12-36(3)28(22)42)15-5-16(26(31)41)24(40)25(43-4)23(15)30/h5-7,10,12-14,34,40H,8-9,11H2,1-4H3,(H2,31,41)(H,32,35,39)/t13-,14+. The minimum Gasteiger partial charge on any atom is -0.504 e. The Labute approximate surface area is 250 Å². The topological polar surface area (TPSA) is 170 Å².